The van der Waals surface area contributed by atoms with Crippen molar-refractivity contribution in [2.75, 3.05) is 19.6 Å². The van der Waals surface area contributed by atoms with Gasteiger partial charge in [0.2, 0.25) is 5.91 Å². The minimum Gasteiger partial charge on any atom is -0.338 e. The molecule has 0 radical (unpaired) electrons. The monoisotopic (exact) mass is 346 g/mol. The van der Waals surface area contributed by atoms with E-state index < -0.39 is 0 Å². The average Bonchev–Trinajstić information content (AvgIpc) is 3.31. The zero-order valence-corrected chi connectivity index (χ0v) is 14.9. The Hall–Kier alpha value is -1.17. The number of amides is 1. The SMILES string of the molecule is O=C(CCN1CCC[C@@H]1c1cccs1)N1CCc2sccc2C1. The lowest BCUT2D eigenvalue weighted by Crippen LogP contribution is -2.37. The number of carbonyl (C=O) groups excluding carboxylic acids is 1. The van der Waals surface area contributed by atoms with E-state index in [0.717, 1.165) is 32.6 Å². The van der Waals surface area contributed by atoms with Crippen LogP contribution in [0.5, 0.6) is 0 Å². The lowest BCUT2D eigenvalue weighted by atomic mass is 10.1. The van der Waals surface area contributed by atoms with E-state index in [1.165, 1.54) is 28.2 Å². The lowest BCUT2D eigenvalue weighted by Gasteiger charge is -2.29. The molecule has 2 aliphatic heterocycles. The number of rotatable bonds is 4. The number of nitrogens with zero attached hydrogens (tertiary/aromatic N) is 2. The van der Waals surface area contributed by atoms with Crippen LogP contribution in [0, 0.1) is 0 Å². The summed E-state index contributed by atoms with van der Waals surface area (Å²) in [7, 11) is 0. The third-order valence-corrected chi connectivity index (χ3v) is 7.01. The maximum atomic E-state index is 12.6. The molecule has 0 unspecified atom stereocenters. The van der Waals surface area contributed by atoms with Crippen LogP contribution in [-0.4, -0.2) is 35.3 Å². The molecule has 3 nitrogen and oxygen atoms in total. The summed E-state index contributed by atoms with van der Waals surface area (Å²) >= 11 is 3.67. The van der Waals surface area contributed by atoms with Crippen LogP contribution in [0.1, 0.15) is 40.6 Å². The molecule has 0 aliphatic carbocycles. The van der Waals surface area contributed by atoms with Crippen LogP contribution in [0.15, 0.2) is 29.0 Å². The van der Waals surface area contributed by atoms with E-state index in [-0.39, 0.29) is 0 Å². The second-order valence-corrected chi connectivity index (χ2v) is 8.37. The van der Waals surface area contributed by atoms with Crippen LogP contribution >= 0.6 is 22.7 Å². The van der Waals surface area contributed by atoms with E-state index in [9.17, 15) is 4.79 Å². The molecule has 2 aromatic rings. The first-order valence-electron chi connectivity index (χ1n) is 8.42. The van der Waals surface area contributed by atoms with Gasteiger partial charge in [-0.15, -0.1) is 22.7 Å². The normalized spacial score (nSPS) is 21.6. The molecule has 2 aromatic heterocycles. The van der Waals surface area contributed by atoms with Gasteiger partial charge in [0.1, 0.15) is 0 Å². The molecule has 0 aromatic carbocycles. The highest BCUT2D eigenvalue weighted by molar-refractivity contribution is 7.10. The van der Waals surface area contributed by atoms with Crippen molar-refractivity contribution in [1.29, 1.82) is 0 Å². The Balaban J connectivity index is 1.33. The summed E-state index contributed by atoms with van der Waals surface area (Å²) in [5.41, 5.74) is 1.35. The minimum absolute atomic E-state index is 0.318. The summed E-state index contributed by atoms with van der Waals surface area (Å²) in [5, 5.41) is 4.30. The van der Waals surface area contributed by atoms with Crippen LogP contribution in [0.3, 0.4) is 0 Å². The maximum Gasteiger partial charge on any atom is 0.224 e. The lowest BCUT2D eigenvalue weighted by molar-refractivity contribution is -0.132. The van der Waals surface area contributed by atoms with Gasteiger partial charge in [-0.1, -0.05) is 6.07 Å². The van der Waals surface area contributed by atoms with Gasteiger partial charge in [0.25, 0.3) is 0 Å². The third kappa shape index (κ3) is 3.23. The Labute approximate surface area is 145 Å². The molecule has 5 heteroatoms. The Morgan fingerprint density at radius 2 is 2.17 bits per heavy atom. The minimum atomic E-state index is 0.318. The molecular formula is C18H22N2OS2. The van der Waals surface area contributed by atoms with Crippen LogP contribution in [0.4, 0.5) is 0 Å². The molecule has 122 valence electrons. The van der Waals surface area contributed by atoms with Gasteiger partial charge in [-0.2, -0.15) is 0 Å². The van der Waals surface area contributed by atoms with E-state index >= 15 is 0 Å². The number of carbonyl (C=O) groups is 1. The predicted molar refractivity (Wildman–Crippen MR) is 95.9 cm³/mol. The van der Waals surface area contributed by atoms with Crippen LogP contribution in [0.25, 0.3) is 0 Å². The van der Waals surface area contributed by atoms with Crippen molar-refractivity contribution >= 4 is 28.6 Å². The molecule has 4 rings (SSSR count). The predicted octanol–water partition coefficient (Wildman–Crippen LogP) is 3.92. The van der Waals surface area contributed by atoms with Crippen molar-refractivity contribution in [1.82, 2.24) is 9.80 Å². The summed E-state index contributed by atoms with van der Waals surface area (Å²) in [6, 6.07) is 7.08. The second kappa shape index (κ2) is 6.75. The summed E-state index contributed by atoms with van der Waals surface area (Å²) in [4.78, 5) is 20.1. The highest BCUT2D eigenvalue weighted by atomic mass is 32.1. The van der Waals surface area contributed by atoms with E-state index in [0.29, 0.717) is 18.4 Å². The Morgan fingerprint density at radius 1 is 1.22 bits per heavy atom. The van der Waals surface area contributed by atoms with Crippen molar-refractivity contribution in [3.8, 4) is 0 Å². The van der Waals surface area contributed by atoms with E-state index in [1.807, 2.05) is 27.6 Å². The molecule has 0 N–H and O–H groups in total. The van der Waals surface area contributed by atoms with Gasteiger partial charge >= 0.3 is 0 Å². The molecule has 4 heterocycles. The maximum absolute atomic E-state index is 12.6. The first-order valence-corrected chi connectivity index (χ1v) is 10.2. The smallest absolute Gasteiger partial charge is 0.224 e. The van der Waals surface area contributed by atoms with Crippen molar-refractivity contribution in [2.24, 2.45) is 0 Å². The largest absolute Gasteiger partial charge is 0.338 e. The summed E-state index contributed by atoms with van der Waals surface area (Å²) in [6.07, 6.45) is 4.16. The van der Waals surface area contributed by atoms with Gasteiger partial charge in [0, 0.05) is 41.9 Å². The number of fused-ring (bicyclic) bond motifs is 1. The van der Waals surface area contributed by atoms with Gasteiger partial charge in [-0.3, -0.25) is 9.69 Å². The highest BCUT2D eigenvalue weighted by Crippen LogP contribution is 2.34. The van der Waals surface area contributed by atoms with E-state index in [4.69, 9.17) is 0 Å². The molecule has 1 saturated heterocycles. The summed E-state index contributed by atoms with van der Waals surface area (Å²) in [6.45, 7) is 3.73. The number of thiophene rings is 2. The molecule has 0 bridgehead atoms. The molecule has 0 saturated carbocycles. The first-order chi connectivity index (χ1) is 11.3. The molecule has 2 aliphatic rings. The van der Waals surface area contributed by atoms with Gasteiger partial charge in [-0.05, 0) is 54.3 Å². The van der Waals surface area contributed by atoms with Crippen molar-refractivity contribution in [3.05, 3.63) is 44.3 Å². The topological polar surface area (TPSA) is 23.6 Å². The Bertz CT molecular complexity index is 664. The van der Waals surface area contributed by atoms with Gasteiger partial charge < -0.3 is 4.90 Å². The van der Waals surface area contributed by atoms with E-state index in [2.05, 4.69) is 33.9 Å². The Kier molecular flexibility index (Phi) is 4.51. The van der Waals surface area contributed by atoms with Crippen LogP contribution in [0.2, 0.25) is 0 Å². The van der Waals surface area contributed by atoms with Gasteiger partial charge in [0.05, 0.1) is 0 Å². The Morgan fingerprint density at radius 3 is 3.04 bits per heavy atom. The summed E-state index contributed by atoms with van der Waals surface area (Å²) in [5.74, 6) is 0.318. The molecule has 1 amide bonds. The standard InChI is InChI=1S/C18H22N2OS2/c21-18(20-9-5-16-14(13-20)7-12-23-16)6-10-19-8-1-3-15(19)17-4-2-11-22-17/h2,4,7,11-12,15H,1,3,5-6,8-10,13H2/t15-/m1/s1. The van der Waals surface area contributed by atoms with Crippen LogP contribution in [-0.2, 0) is 17.8 Å². The van der Waals surface area contributed by atoms with Gasteiger partial charge in [0.15, 0.2) is 0 Å². The number of hydrogen-bond acceptors (Lipinski definition) is 4. The van der Waals surface area contributed by atoms with Crippen LogP contribution < -0.4 is 0 Å². The molecule has 23 heavy (non-hydrogen) atoms. The first kappa shape index (κ1) is 15.4. The molecular weight excluding hydrogens is 324 g/mol. The third-order valence-electron chi connectivity index (χ3n) is 5.01. The van der Waals surface area contributed by atoms with Crippen molar-refractivity contribution < 1.29 is 4.79 Å². The highest BCUT2D eigenvalue weighted by Gasteiger charge is 2.28. The molecule has 1 atom stereocenters. The molecule has 0 spiro atoms. The zero-order valence-electron chi connectivity index (χ0n) is 13.2. The quantitative estimate of drug-likeness (QED) is 0.838. The number of hydrogen-bond donors (Lipinski definition) is 0. The average molecular weight is 347 g/mol. The summed E-state index contributed by atoms with van der Waals surface area (Å²) < 4.78 is 0. The van der Waals surface area contributed by atoms with Crippen molar-refractivity contribution in [2.45, 2.75) is 38.3 Å². The molecule has 1 fully saturated rings. The number of likely N-dealkylation sites (tertiary alicyclic amines) is 1. The van der Waals surface area contributed by atoms with Crippen molar-refractivity contribution in [3.63, 3.8) is 0 Å². The van der Waals surface area contributed by atoms with Gasteiger partial charge in [-0.25, -0.2) is 0 Å². The second-order valence-electron chi connectivity index (χ2n) is 6.39. The fourth-order valence-corrected chi connectivity index (χ4v) is 5.54. The van der Waals surface area contributed by atoms with E-state index in [1.54, 1.807) is 0 Å². The zero-order chi connectivity index (χ0) is 15.6. The fourth-order valence-electron chi connectivity index (χ4n) is 3.76. The fraction of sp³-hybridized carbons (Fsp3) is 0.500.